The molecule has 0 aliphatic carbocycles. The van der Waals surface area contributed by atoms with Crippen molar-refractivity contribution < 1.29 is 31.5 Å². The second kappa shape index (κ2) is 15.6. The molecule has 0 bridgehead atoms. The van der Waals surface area contributed by atoms with E-state index >= 15 is 0 Å². The molecule has 0 aliphatic heterocycles. The smallest absolute Gasteiger partial charge is 0.300 e. The zero-order valence-electron chi connectivity index (χ0n) is 5.30. The van der Waals surface area contributed by atoms with Crippen molar-refractivity contribution in [1.82, 2.24) is 0 Å². The maximum absolute atomic E-state index is 9.05. The van der Waals surface area contributed by atoms with E-state index in [0.717, 1.165) is 6.92 Å². The van der Waals surface area contributed by atoms with Crippen molar-refractivity contribution in [3.05, 3.63) is 0 Å². The normalized spacial score (nSPS) is 5.56. The zero-order valence-corrected chi connectivity index (χ0v) is 6.35. The predicted octanol–water partition coefficient (Wildman–Crippen LogP) is 0.595. The third kappa shape index (κ3) is 583. The van der Waals surface area contributed by atoms with Gasteiger partial charge in [-0.2, -0.15) is 6.42 Å². The molecule has 0 rings (SSSR count). The van der Waals surface area contributed by atoms with Crippen molar-refractivity contribution in [3.8, 4) is 0 Å². The molecular formula is C5H9CoO3-. The van der Waals surface area contributed by atoms with Crippen LogP contribution in [0.25, 0.3) is 0 Å². The first kappa shape index (κ1) is 15.9. The Bertz CT molecular complexity index is 68.6. The Labute approximate surface area is 64.6 Å². The number of hydrogen-bond acceptors (Lipinski definition) is 2. The molecule has 0 spiro atoms. The summed E-state index contributed by atoms with van der Waals surface area (Å²) in [6.07, 6.45) is 2.19. The van der Waals surface area contributed by atoms with Crippen LogP contribution in [0, 0.1) is 0 Å². The molecule has 0 saturated carbocycles. The molecule has 4 heteroatoms. The van der Waals surface area contributed by atoms with E-state index in [9.17, 15) is 0 Å². The van der Waals surface area contributed by atoms with E-state index in [2.05, 4.69) is 0 Å². The molecule has 0 aromatic heterocycles. The topological polar surface area (TPSA) is 54.4 Å². The van der Waals surface area contributed by atoms with Crippen molar-refractivity contribution in [2.75, 3.05) is 0 Å². The number of carboxylic acid groups (broad SMARTS) is 1. The van der Waals surface area contributed by atoms with E-state index in [1.165, 1.54) is 0 Å². The Morgan fingerprint density at radius 1 is 1.67 bits per heavy atom. The summed E-state index contributed by atoms with van der Waals surface area (Å²) in [6.45, 7) is 2.84. The minimum absolute atomic E-state index is 0. The number of aliphatic carboxylic acids is 1. The molecule has 57 valence electrons. The molecule has 9 heavy (non-hydrogen) atoms. The van der Waals surface area contributed by atoms with Crippen LogP contribution in [0.5, 0.6) is 0 Å². The number of carboxylic acids is 1. The zero-order chi connectivity index (χ0) is 6.99. The maximum atomic E-state index is 9.05. The third-order valence-electron chi connectivity index (χ3n) is 0.144. The van der Waals surface area contributed by atoms with Crippen LogP contribution in [0.3, 0.4) is 0 Å². The van der Waals surface area contributed by atoms with Crippen molar-refractivity contribution in [2.24, 2.45) is 0 Å². The van der Waals surface area contributed by atoms with Crippen LogP contribution in [0.15, 0.2) is 0 Å². The van der Waals surface area contributed by atoms with Gasteiger partial charge in [-0.3, -0.25) is 11.1 Å². The average molecular weight is 176 g/mol. The first-order chi connectivity index (χ1) is 3.65. The number of rotatable bonds is 1. The summed E-state index contributed by atoms with van der Waals surface area (Å²) in [4.78, 5) is 18.0. The fourth-order valence-electron chi connectivity index (χ4n) is 0. The van der Waals surface area contributed by atoms with Gasteiger partial charge in [-0.05, 0) is 0 Å². The van der Waals surface area contributed by atoms with Gasteiger partial charge >= 0.3 is 0 Å². The number of carbonyl (C=O) groups excluding carboxylic acids is 1. The molecule has 0 amide bonds. The van der Waals surface area contributed by atoms with Gasteiger partial charge in [-0.1, -0.05) is 6.92 Å². The monoisotopic (exact) mass is 176 g/mol. The van der Waals surface area contributed by atoms with Gasteiger partial charge in [-0.15, -0.1) is 0 Å². The van der Waals surface area contributed by atoms with E-state index in [1.807, 2.05) is 0 Å². The van der Waals surface area contributed by atoms with Gasteiger partial charge in [0.15, 0.2) is 0 Å². The number of hydrogen-bond donors (Lipinski definition) is 1. The summed E-state index contributed by atoms with van der Waals surface area (Å²) in [5.74, 6) is -0.833. The fraction of sp³-hybridized carbons (Fsp3) is 0.600. The van der Waals surface area contributed by atoms with Crippen LogP contribution in [0.1, 0.15) is 20.3 Å². The molecule has 0 atom stereocenters. The van der Waals surface area contributed by atoms with E-state index in [1.54, 1.807) is 13.2 Å². The molecule has 0 aromatic carbocycles. The van der Waals surface area contributed by atoms with Gasteiger partial charge in [0.2, 0.25) is 0 Å². The van der Waals surface area contributed by atoms with Crippen molar-refractivity contribution in [2.45, 2.75) is 20.3 Å². The van der Waals surface area contributed by atoms with E-state index in [0.29, 0.717) is 6.42 Å². The predicted molar refractivity (Wildman–Crippen MR) is 29.3 cm³/mol. The van der Waals surface area contributed by atoms with Gasteiger partial charge in [-0.25, -0.2) is 0 Å². The van der Waals surface area contributed by atoms with Crippen molar-refractivity contribution in [3.63, 3.8) is 0 Å². The standard InChI is InChI=1S/C3H5O.C2H4O2.Co/c1-2-3-4;1-2(3)4;/h2H2,1H3;1H3,(H,3,4);/q-1;;. The molecule has 1 radical (unpaired) electrons. The summed E-state index contributed by atoms with van der Waals surface area (Å²) in [6, 6.07) is 0. The molecule has 3 nitrogen and oxygen atoms in total. The minimum Gasteiger partial charge on any atom is -0.542 e. The Hall–Kier alpha value is -0.354. The molecule has 0 aromatic rings. The molecule has 0 unspecified atom stereocenters. The largest absolute Gasteiger partial charge is 0.542 e. The van der Waals surface area contributed by atoms with Crippen molar-refractivity contribution in [1.29, 1.82) is 0 Å². The Kier molecular flexibility index (Phi) is 27.6. The summed E-state index contributed by atoms with van der Waals surface area (Å²) < 4.78 is 0. The van der Waals surface area contributed by atoms with Crippen LogP contribution in [0.2, 0.25) is 0 Å². The molecule has 1 N–H and O–H groups in total. The van der Waals surface area contributed by atoms with Crippen LogP contribution < -0.4 is 0 Å². The SMILES string of the molecule is CC(=O)O.CC[C-]=O.[Co]. The summed E-state index contributed by atoms with van der Waals surface area (Å²) >= 11 is 0. The Morgan fingerprint density at radius 3 is 1.78 bits per heavy atom. The number of carbonyl (C=O) groups is 1. The van der Waals surface area contributed by atoms with Crippen LogP contribution in [0.4, 0.5) is 0 Å². The first-order valence-electron chi connectivity index (χ1n) is 2.19. The van der Waals surface area contributed by atoms with E-state index in [4.69, 9.17) is 14.7 Å². The van der Waals surface area contributed by atoms with Crippen molar-refractivity contribution >= 4 is 12.3 Å². The van der Waals surface area contributed by atoms with E-state index < -0.39 is 5.97 Å². The Morgan fingerprint density at radius 2 is 1.78 bits per heavy atom. The molecule has 0 fully saturated rings. The van der Waals surface area contributed by atoms with Crippen LogP contribution >= 0.6 is 0 Å². The van der Waals surface area contributed by atoms with Gasteiger partial charge in [0, 0.05) is 23.7 Å². The molecule has 0 saturated heterocycles. The summed E-state index contributed by atoms with van der Waals surface area (Å²) in [7, 11) is 0. The minimum atomic E-state index is -0.833. The molecular weight excluding hydrogens is 167 g/mol. The fourth-order valence-corrected chi connectivity index (χ4v) is 0. The van der Waals surface area contributed by atoms with Gasteiger partial charge < -0.3 is 9.90 Å². The molecule has 0 aliphatic rings. The van der Waals surface area contributed by atoms with Crippen LogP contribution in [-0.2, 0) is 26.4 Å². The Balaban J connectivity index is -0.0000000720. The van der Waals surface area contributed by atoms with Gasteiger partial charge in [0.05, 0.1) is 0 Å². The van der Waals surface area contributed by atoms with E-state index in [-0.39, 0.29) is 16.8 Å². The molecule has 0 heterocycles. The second-order valence-electron chi connectivity index (χ2n) is 1.02. The summed E-state index contributed by atoms with van der Waals surface area (Å²) in [5.41, 5.74) is 0. The quantitative estimate of drug-likeness (QED) is 0.595. The average Bonchev–Trinajstić information content (AvgIpc) is 1.65. The first-order valence-corrected chi connectivity index (χ1v) is 2.19. The third-order valence-corrected chi connectivity index (χ3v) is 0.144. The van der Waals surface area contributed by atoms with Crippen LogP contribution in [-0.4, -0.2) is 17.4 Å². The second-order valence-corrected chi connectivity index (χ2v) is 1.02. The van der Waals surface area contributed by atoms with Gasteiger partial charge in [0.1, 0.15) is 0 Å². The summed E-state index contributed by atoms with van der Waals surface area (Å²) in [5, 5.41) is 7.42. The van der Waals surface area contributed by atoms with Gasteiger partial charge in [0.25, 0.3) is 5.97 Å². The maximum Gasteiger partial charge on any atom is 0.300 e.